The Balaban J connectivity index is 1.70. The van der Waals surface area contributed by atoms with E-state index < -0.39 is 5.54 Å². The Labute approximate surface area is 227 Å². The SMILES string of the molecule is CNc1nn(C(c2ccccc2)(c2ccccc2)c2ccccc2)c2ccc(-c3ccc(N)cc3Cl)cc12. The quantitative estimate of drug-likeness (QED) is 0.176. The van der Waals surface area contributed by atoms with E-state index in [0.29, 0.717) is 10.7 Å². The van der Waals surface area contributed by atoms with Crippen LogP contribution in [-0.4, -0.2) is 16.8 Å². The molecule has 0 amide bonds. The summed E-state index contributed by atoms with van der Waals surface area (Å²) < 4.78 is 2.16. The molecule has 0 saturated carbocycles. The highest BCUT2D eigenvalue weighted by atomic mass is 35.5. The Morgan fingerprint density at radius 2 is 1.26 bits per heavy atom. The van der Waals surface area contributed by atoms with Crippen molar-refractivity contribution in [1.82, 2.24) is 9.78 Å². The van der Waals surface area contributed by atoms with Crippen LogP contribution in [0.4, 0.5) is 11.5 Å². The molecule has 5 heteroatoms. The van der Waals surface area contributed by atoms with Gasteiger partial charge in [-0.2, -0.15) is 5.10 Å². The van der Waals surface area contributed by atoms with E-state index in [0.717, 1.165) is 44.5 Å². The van der Waals surface area contributed by atoms with E-state index in [-0.39, 0.29) is 0 Å². The normalized spacial score (nSPS) is 11.5. The number of rotatable bonds is 6. The van der Waals surface area contributed by atoms with Crippen LogP contribution in [0, 0.1) is 0 Å². The van der Waals surface area contributed by atoms with Gasteiger partial charge in [-0.3, -0.25) is 0 Å². The Morgan fingerprint density at radius 3 is 1.76 bits per heavy atom. The lowest BCUT2D eigenvalue weighted by atomic mass is 9.77. The van der Waals surface area contributed by atoms with Crippen molar-refractivity contribution < 1.29 is 0 Å². The number of nitrogen functional groups attached to an aromatic ring is 1. The second kappa shape index (κ2) is 9.73. The molecule has 38 heavy (non-hydrogen) atoms. The van der Waals surface area contributed by atoms with Gasteiger partial charge < -0.3 is 11.1 Å². The zero-order valence-corrected chi connectivity index (χ0v) is 21.7. The van der Waals surface area contributed by atoms with Gasteiger partial charge in [-0.15, -0.1) is 0 Å². The molecule has 0 unspecified atom stereocenters. The monoisotopic (exact) mass is 514 g/mol. The fourth-order valence-corrected chi connectivity index (χ4v) is 5.69. The number of nitrogens with one attached hydrogen (secondary N) is 1. The average Bonchev–Trinajstić information content (AvgIpc) is 3.33. The smallest absolute Gasteiger partial charge is 0.155 e. The standard InChI is InChI=1S/C33H27ClN4/c1-36-32-29-21-23(28-19-18-27(35)22-30(28)34)17-20-31(29)38(37-32)33(24-11-5-2-6-12-24,25-13-7-3-8-14-25)26-15-9-4-10-16-26/h2-22H,35H2,1H3,(H,36,37). The molecule has 0 fully saturated rings. The molecule has 4 nitrogen and oxygen atoms in total. The van der Waals surface area contributed by atoms with Gasteiger partial charge in [0, 0.05) is 23.7 Å². The summed E-state index contributed by atoms with van der Waals surface area (Å²) in [6.07, 6.45) is 0. The molecule has 0 bridgehead atoms. The topological polar surface area (TPSA) is 55.9 Å². The van der Waals surface area contributed by atoms with Crippen LogP contribution in [0.2, 0.25) is 5.02 Å². The predicted molar refractivity (Wildman–Crippen MR) is 159 cm³/mol. The van der Waals surface area contributed by atoms with Gasteiger partial charge in [-0.05, 0) is 46.5 Å². The fraction of sp³-hybridized carbons (Fsp3) is 0.0606. The second-order valence-electron chi connectivity index (χ2n) is 9.29. The molecule has 3 N–H and O–H groups in total. The summed E-state index contributed by atoms with van der Waals surface area (Å²) in [5, 5.41) is 10.2. The minimum Gasteiger partial charge on any atom is -0.399 e. The van der Waals surface area contributed by atoms with Crippen LogP contribution in [0.15, 0.2) is 127 Å². The molecule has 1 aromatic heterocycles. The van der Waals surface area contributed by atoms with Crippen LogP contribution in [0.5, 0.6) is 0 Å². The number of hydrogen-bond donors (Lipinski definition) is 2. The van der Waals surface area contributed by atoms with E-state index in [9.17, 15) is 0 Å². The van der Waals surface area contributed by atoms with Crippen molar-refractivity contribution in [2.45, 2.75) is 5.54 Å². The molecular weight excluding hydrogens is 488 g/mol. The summed E-state index contributed by atoms with van der Waals surface area (Å²) in [5.41, 5.74) is 12.2. The first kappa shape index (κ1) is 23.8. The van der Waals surface area contributed by atoms with Gasteiger partial charge in [0.15, 0.2) is 5.82 Å². The summed E-state index contributed by atoms with van der Waals surface area (Å²) in [6, 6.07) is 43.7. The van der Waals surface area contributed by atoms with Gasteiger partial charge in [0.1, 0.15) is 5.54 Å². The number of nitrogens with zero attached hydrogens (tertiary/aromatic N) is 2. The molecule has 0 saturated heterocycles. The van der Waals surface area contributed by atoms with Crippen LogP contribution in [0.1, 0.15) is 16.7 Å². The van der Waals surface area contributed by atoms with Crippen molar-refractivity contribution in [2.24, 2.45) is 0 Å². The number of nitrogens with two attached hydrogens (primary N) is 1. The molecule has 0 radical (unpaired) electrons. The molecule has 0 aliphatic carbocycles. The van der Waals surface area contributed by atoms with E-state index in [1.54, 1.807) is 6.07 Å². The maximum atomic E-state index is 6.59. The maximum absolute atomic E-state index is 6.59. The first-order valence-electron chi connectivity index (χ1n) is 12.6. The summed E-state index contributed by atoms with van der Waals surface area (Å²) in [6.45, 7) is 0. The molecule has 0 atom stereocenters. The molecule has 6 rings (SSSR count). The van der Waals surface area contributed by atoms with Crippen molar-refractivity contribution in [3.05, 3.63) is 149 Å². The number of fused-ring (bicyclic) bond motifs is 1. The molecular formula is C33H27ClN4. The molecule has 6 aromatic rings. The first-order chi connectivity index (χ1) is 18.6. The second-order valence-corrected chi connectivity index (χ2v) is 9.70. The van der Waals surface area contributed by atoms with Gasteiger partial charge >= 0.3 is 0 Å². The van der Waals surface area contributed by atoms with Crippen LogP contribution in [0.3, 0.4) is 0 Å². The minimum absolute atomic E-state index is 0.620. The number of halogens is 1. The molecule has 5 aromatic carbocycles. The fourth-order valence-electron chi connectivity index (χ4n) is 5.40. The Morgan fingerprint density at radius 1 is 0.711 bits per heavy atom. The van der Waals surface area contributed by atoms with E-state index in [4.69, 9.17) is 22.4 Å². The van der Waals surface area contributed by atoms with E-state index >= 15 is 0 Å². The van der Waals surface area contributed by atoms with E-state index in [1.165, 1.54) is 0 Å². The van der Waals surface area contributed by atoms with Crippen molar-refractivity contribution in [3.63, 3.8) is 0 Å². The summed E-state index contributed by atoms with van der Waals surface area (Å²) in [5.74, 6) is 0.792. The highest BCUT2D eigenvalue weighted by Crippen LogP contribution is 2.44. The lowest BCUT2D eigenvalue weighted by Crippen LogP contribution is -2.38. The van der Waals surface area contributed by atoms with Crippen LogP contribution in [-0.2, 0) is 5.54 Å². The van der Waals surface area contributed by atoms with Gasteiger partial charge in [0.2, 0.25) is 0 Å². The van der Waals surface area contributed by atoms with E-state index in [1.807, 2.05) is 37.4 Å². The molecule has 1 heterocycles. The molecule has 0 spiro atoms. The van der Waals surface area contributed by atoms with Crippen molar-refractivity contribution in [2.75, 3.05) is 18.1 Å². The number of aromatic nitrogens is 2. The maximum Gasteiger partial charge on any atom is 0.155 e. The number of benzene rings is 5. The Bertz CT molecular complexity index is 1610. The van der Waals surface area contributed by atoms with Crippen LogP contribution in [0.25, 0.3) is 22.0 Å². The van der Waals surface area contributed by atoms with Gasteiger partial charge in [0.25, 0.3) is 0 Å². The number of anilines is 2. The third-order valence-corrected chi connectivity index (χ3v) is 7.43. The van der Waals surface area contributed by atoms with Crippen molar-refractivity contribution >= 4 is 34.0 Å². The summed E-state index contributed by atoms with van der Waals surface area (Å²) in [7, 11) is 1.91. The first-order valence-corrected chi connectivity index (χ1v) is 12.9. The van der Waals surface area contributed by atoms with Gasteiger partial charge in [-0.1, -0.05) is 115 Å². The molecule has 0 aliphatic rings. The van der Waals surface area contributed by atoms with Gasteiger partial charge in [-0.25, -0.2) is 4.68 Å². The largest absolute Gasteiger partial charge is 0.399 e. The zero-order chi connectivity index (χ0) is 26.1. The van der Waals surface area contributed by atoms with Crippen molar-refractivity contribution in [1.29, 1.82) is 0 Å². The molecule has 0 aliphatic heterocycles. The third-order valence-electron chi connectivity index (χ3n) is 7.11. The van der Waals surface area contributed by atoms with E-state index in [2.05, 4.69) is 101 Å². The zero-order valence-electron chi connectivity index (χ0n) is 21.0. The lowest BCUT2D eigenvalue weighted by Gasteiger charge is -2.37. The third kappa shape index (κ3) is 3.82. The number of hydrogen-bond acceptors (Lipinski definition) is 3. The van der Waals surface area contributed by atoms with Crippen molar-refractivity contribution in [3.8, 4) is 11.1 Å². The predicted octanol–water partition coefficient (Wildman–Crippen LogP) is 7.82. The lowest BCUT2D eigenvalue weighted by molar-refractivity contribution is 0.477. The Hall–Kier alpha value is -4.54. The highest BCUT2D eigenvalue weighted by molar-refractivity contribution is 6.33. The average molecular weight is 515 g/mol. The highest BCUT2D eigenvalue weighted by Gasteiger charge is 2.40. The summed E-state index contributed by atoms with van der Waals surface area (Å²) >= 11 is 6.59. The summed E-state index contributed by atoms with van der Waals surface area (Å²) in [4.78, 5) is 0. The molecule has 186 valence electrons. The Kier molecular flexibility index (Phi) is 6.10. The van der Waals surface area contributed by atoms with Gasteiger partial charge in [0.05, 0.1) is 10.5 Å². The van der Waals surface area contributed by atoms with Crippen LogP contribution >= 0.6 is 11.6 Å². The minimum atomic E-state index is -0.711. The van der Waals surface area contributed by atoms with Crippen LogP contribution < -0.4 is 11.1 Å².